The van der Waals surface area contributed by atoms with Crippen molar-refractivity contribution in [2.24, 2.45) is 7.05 Å². The van der Waals surface area contributed by atoms with Crippen LogP contribution in [0.3, 0.4) is 0 Å². The lowest BCUT2D eigenvalue weighted by Gasteiger charge is -2.51. The molecule has 2 saturated heterocycles. The number of hydrogen-bond donors (Lipinski definition) is 2. The van der Waals surface area contributed by atoms with Crippen LogP contribution < -0.4 is 5.32 Å². The van der Waals surface area contributed by atoms with Crippen molar-refractivity contribution < 1.29 is 19.4 Å². The summed E-state index contributed by atoms with van der Waals surface area (Å²) in [6.07, 6.45) is 6.37. The topological polar surface area (TPSA) is 96.7 Å². The monoisotopic (exact) mass is 396 g/mol. The van der Waals surface area contributed by atoms with Gasteiger partial charge in [0.15, 0.2) is 5.82 Å². The Bertz CT molecular complexity index is 701. The van der Waals surface area contributed by atoms with Crippen LogP contribution in [-0.4, -0.2) is 80.3 Å². The number of ether oxygens (including phenoxy) is 1. The van der Waals surface area contributed by atoms with E-state index in [0.717, 1.165) is 0 Å². The maximum absolute atomic E-state index is 12.7. The largest absolute Gasteiger partial charge is 0.388 e. The molecule has 27 heavy (non-hydrogen) atoms. The summed E-state index contributed by atoms with van der Waals surface area (Å²) < 4.78 is 7.75. The molecular formula is C18H28N4O4S. The number of aliphatic hydroxyl groups excluding tert-OH is 1. The van der Waals surface area contributed by atoms with E-state index in [-0.39, 0.29) is 18.4 Å². The lowest BCUT2D eigenvalue weighted by atomic mass is 9.74. The Hall–Kier alpha value is -1.58. The van der Waals surface area contributed by atoms with Gasteiger partial charge in [-0.3, -0.25) is 9.59 Å². The van der Waals surface area contributed by atoms with E-state index in [0.29, 0.717) is 43.9 Å². The van der Waals surface area contributed by atoms with Crippen molar-refractivity contribution >= 4 is 23.6 Å². The SMILES string of the molecule is CSCC(=O)N[C@@]1(C)CC2(CCN(C(=O)c3nccn3C)CC2)OC[C@@H]1O. The average Bonchev–Trinajstić information content (AvgIpc) is 3.05. The van der Waals surface area contributed by atoms with Gasteiger partial charge in [0.05, 0.1) is 23.5 Å². The van der Waals surface area contributed by atoms with E-state index in [1.165, 1.54) is 11.8 Å². The van der Waals surface area contributed by atoms with Crippen LogP contribution in [0.2, 0.25) is 0 Å². The molecule has 2 atom stereocenters. The van der Waals surface area contributed by atoms with Gasteiger partial charge in [0, 0.05) is 39.0 Å². The van der Waals surface area contributed by atoms with Crippen molar-refractivity contribution in [3.63, 3.8) is 0 Å². The number of likely N-dealkylation sites (tertiary alicyclic amines) is 1. The molecule has 2 aliphatic heterocycles. The van der Waals surface area contributed by atoms with Crippen LogP contribution in [0.1, 0.15) is 36.8 Å². The summed E-state index contributed by atoms with van der Waals surface area (Å²) in [7, 11) is 1.81. The van der Waals surface area contributed by atoms with E-state index in [2.05, 4.69) is 10.3 Å². The first-order chi connectivity index (χ1) is 12.8. The van der Waals surface area contributed by atoms with Crippen LogP contribution in [0.15, 0.2) is 12.4 Å². The maximum atomic E-state index is 12.7. The highest BCUT2D eigenvalue weighted by molar-refractivity contribution is 7.99. The molecule has 2 fully saturated rings. The van der Waals surface area contributed by atoms with Crippen LogP contribution in [0.4, 0.5) is 0 Å². The maximum Gasteiger partial charge on any atom is 0.289 e. The van der Waals surface area contributed by atoms with Crippen LogP contribution in [0, 0.1) is 0 Å². The smallest absolute Gasteiger partial charge is 0.289 e. The average molecular weight is 397 g/mol. The molecule has 1 spiro atoms. The number of aromatic nitrogens is 2. The van der Waals surface area contributed by atoms with E-state index in [1.54, 1.807) is 28.9 Å². The number of carbonyl (C=O) groups is 2. The fourth-order valence-electron chi connectivity index (χ4n) is 4.04. The normalized spacial score (nSPS) is 27.6. The van der Waals surface area contributed by atoms with Gasteiger partial charge in [0.2, 0.25) is 5.91 Å². The number of nitrogens with one attached hydrogen (secondary N) is 1. The van der Waals surface area contributed by atoms with Gasteiger partial charge >= 0.3 is 0 Å². The molecular weight excluding hydrogens is 368 g/mol. The van der Waals surface area contributed by atoms with Crippen molar-refractivity contribution in [1.29, 1.82) is 0 Å². The highest BCUT2D eigenvalue weighted by Gasteiger charge is 2.50. The molecule has 0 saturated carbocycles. The summed E-state index contributed by atoms with van der Waals surface area (Å²) in [5.41, 5.74) is -1.16. The summed E-state index contributed by atoms with van der Waals surface area (Å²) in [5.74, 6) is 0.634. The number of aryl methyl sites for hydroxylation is 1. The Morgan fingerprint density at radius 3 is 2.74 bits per heavy atom. The van der Waals surface area contributed by atoms with Gasteiger partial charge < -0.3 is 24.6 Å². The van der Waals surface area contributed by atoms with Gasteiger partial charge in [-0.15, -0.1) is 0 Å². The highest BCUT2D eigenvalue weighted by Crippen LogP contribution is 2.40. The lowest BCUT2D eigenvalue weighted by molar-refractivity contribution is -0.178. The zero-order valence-corrected chi connectivity index (χ0v) is 16.9. The molecule has 150 valence electrons. The molecule has 0 aliphatic carbocycles. The van der Waals surface area contributed by atoms with Crippen molar-refractivity contribution in [1.82, 2.24) is 19.8 Å². The second-order valence-corrected chi connectivity index (χ2v) is 8.61. The molecule has 0 radical (unpaired) electrons. The van der Waals surface area contributed by atoms with Crippen molar-refractivity contribution in [3.05, 3.63) is 18.2 Å². The third kappa shape index (κ3) is 4.14. The number of carbonyl (C=O) groups excluding carboxylic acids is 2. The number of piperidine rings is 1. The fraction of sp³-hybridized carbons (Fsp3) is 0.722. The summed E-state index contributed by atoms with van der Waals surface area (Å²) in [6, 6.07) is 0. The quantitative estimate of drug-likeness (QED) is 0.765. The third-order valence-corrected chi connectivity index (χ3v) is 6.20. The lowest BCUT2D eigenvalue weighted by Crippen LogP contribution is -2.66. The molecule has 2 amide bonds. The number of imidazole rings is 1. The number of hydrogen-bond acceptors (Lipinski definition) is 6. The van der Waals surface area contributed by atoms with Gasteiger partial charge in [0.1, 0.15) is 6.10 Å². The zero-order chi connectivity index (χ0) is 19.7. The summed E-state index contributed by atoms with van der Waals surface area (Å²) in [6.45, 7) is 3.20. The Labute approximate surface area is 163 Å². The fourth-order valence-corrected chi connectivity index (χ4v) is 4.38. The first-order valence-electron chi connectivity index (χ1n) is 9.17. The second kappa shape index (κ2) is 7.81. The molecule has 3 heterocycles. The van der Waals surface area contributed by atoms with Gasteiger partial charge in [-0.25, -0.2) is 4.98 Å². The van der Waals surface area contributed by atoms with E-state index >= 15 is 0 Å². The van der Waals surface area contributed by atoms with Gasteiger partial charge in [-0.05, 0) is 26.0 Å². The molecule has 1 aromatic rings. The van der Waals surface area contributed by atoms with Crippen LogP contribution in [0.25, 0.3) is 0 Å². The van der Waals surface area contributed by atoms with Gasteiger partial charge in [0.25, 0.3) is 5.91 Å². The predicted octanol–water partition coefficient (Wildman–Crippen LogP) is 0.414. The Balaban J connectivity index is 1.65. The van der Waals surface area contributed by atoms with Crippen LogP contribution in [-0.2, 0) is 16.6 Å². The highest BCUT2D eigenvalue weighted by atomic mass is 32.2. The predicted molar refractivity (Wildman–Crippen MR) is 103 cm³/mol. The van der Waals surface area contributed by atoms with Crippen LogP contribution in [0.5, 0.6) is 0 Å². The minimum atomic E-state index is -0.749. The van der Waals surface area contributed by atoms with Crippen LogP contribution >= 0.6 is 11.8 Å². The minimum absolute atomic E-state index is 0.0794. The molecule has 2 aliphatic rings. The van der Waals surface area contributed by atoms with Gasteiger partial charge in [-0.2, -0.15) is 11.8 Å². The summed E-state index contributed by atoms with van der Waals surface area (Å²) in [5, 5.41) is 13.4. The van der Waals surface area contributed by atoms with Crippen molar-refractivity contribution in [2.75, 3.05) is 31.7 Å². The number of thioether (sulfide) groups is 1. The molecule has 2 N–H and O–H groups in total. The molecule has 9 heteroatoms. The minimum Gasteiger partial charge on any atom is -0.388 e. The van der Waals surface area contributed by atoms with E-state index in [1.807, 2.05) is 13.2 Å². The number of aliphatic hydroxyl groups is 1. The van der Waals surface area contributed by atoms with E-state index in [9.17, 15) is 14.7 Å². The number of nitrogens with zero attached hydrogens (tertiary/aromatic N) is 3. The molecule has 8 nitrogen and oxygen atoms in total. The first kappa shape index (κ1) is 20.2. The molecule has 0 bridgehead atoms. The number of rotatable bonds is 4. The Morgan fingerprint density at radius 2 is 2.15 bits per heavy atom. The van der Waals surface area contributed by atoms with Crippen molar-refractivity contribution in [3.8, 4) is 0 Å². The molecule has 0 unspecified atom stereocenters. The number of amides is 2. The van der Waals surface area contributed by atoms with Gasteiger partial charge in [-0.1, -0.05) is 0 Å². The third-order valence-electron chi connectivity index (χ3n) is 5.65. The first-order valence-corrected chi connectivity index (χ1v) is 10.6. The Kier molecular flexibility index (Phi) is 5.83. The zero-order valence-electron chi connectivity index (χ0n) is 16.1. The van der Waals surface area contributed by atoms with Crippen molar-refractivity contribution in [2.45, 2.75) is 43.4 Å². The van der Waals surface area contributed by atoms with E-state index < -0.39 is 17.2 Å². The molecule has 1 aromatic heterocycles. The Morgan fingerprint density at radius 1 is 1.44 bits per heavy atom. The van der Waals surface area contributed by atoms with E-state index in [4.69, 9.17) is 4.74 Å². The molecule has 3 rings (SSSR count). The second-order valence-electron chi connectivity index (χ2n) is 7.74. The standard InChI is InChI=1S/C18H28N4O4S/c1-17(20-14(24)11-27-3)12-18(26-10-13(17)23)4-7-22(8-5-18)16(25)15-19-6-9-21(15)2/h6,9,13,23H,4-5,7-8,10-12H2,1-3H3,(H,20,24)/t13-,17-/m0/s1. The summed E-state index contributed by atoms with van der Waals surface area (Å²) in [4.78, 5) is 30.7. The molecule has 0 aromatic carbocycles. The summed E-state index contributed by atoms with van der Waals surface area (Å²) >= 11 is 1.45.